The monoisotopic (exact) mass is 271 g/mol. The molecule has 0 aliphatic heterocycles. The van der Waals surface area contributed by atoms with Crippen LogP contribution in [0.25, 0.3) is 0 Å². The Balaban J connectivity index is 3.05. The number of benzene rings is 1. The fraction of sp³-hybridized carbons (Fsp3) is 0.462. The molecule has 0 saturated heterocycles. The van der Waals surface area contributed by atoms with Gasteiger partial charge in [-0.2, -0.15) is 0 Å². The van der Waals surface area contributed by atoms with Crippen LogP contribution >= 0.6 is 0 Å². The van der Waals surface area contributed by atoms with Gasteiger partial charge < -0.3 is 20.3 Å². The molecule has 6 heteroatoms. The van der Waals surface area contributed by atoms with Gasteiger partial charge in [0.15, 0.2) is 11.5 Å². The minimum Gasteiger partial charge on any atom is -0.493 e. The smallest absolute Gasteiger partial charge is 0.320 e. The Morgan fingerprint density at radius 1 is 1.42 bits per heavy atom. The molecule has 3 N–H and O–H groups in total. The number of halogens is 1. The number of carboxylic acids is 1. The van der Waals surface area contributed by atoms with Gasteiger partial charge in [-0.3, -0.25) is 4.79 Å². The number of aliphatic carboxylic acids is 1. The molecule has 0 amide bonds. The lowest BCUT2D eigenvalue weighted by Gasteiger charge is -2.16. The summed E-state index contributed by atoms with van der Waals surface area (Å²) < 4.78 is 24.4. The van der Waals surface area contributed by atoms with Crippen LogP contribution in [0.4, 0.5) is 4.39 Å². The third-order valence-corrected chi connectivity index (χ3v) is 2.45. The zero-order chi connectivity index (χ0) is 14.6. The number of ether oxygens (including phenoxy) is 2. The second kappa shape index (κ2) is 6.38. The van der Waals surface area contributed by atoms with Gasteiger partial charge in [-0.1, -0.05) is 0 Å². The number of rotatable bonds is 6. The summed E-state index contributed by atoms with van der Waals surface area (Å²) in [6.07, 6.45) is -0.236. The molecule has 1 rings (SSSR count). The van der Waals surface area contributed by atoms with Crippen molar-refractivity contribution in [1.29, 1.82) is 0 Å². The van der Waals surface area contributed by atoms with Crippen LogP contribution in [0.1, 0.15) is 19.4 Å². The molecule has 0 fully saturated rings. The van der Waals surface area contributed by atoms with E-state index in [4.69, 9.17) is 20.3 Å². The summed E-state index contributed by atoms with van der Waals surface area (Å²) in [6, 6.07) is 1.44. The standard InChI is InChI=1S/C13H18FNO4/c1-7(2)19-12-6-9(14)8(5-11(12)18-3)4-10(15)13(16)17/h5-7,10H,4,15H2,1-3H3,(H,16,17). The average Bonchev–Trinajstić information content (AvgIpc) is 2.31. The number of carbonyl (C=O) groups is 1. The van der Waals surface area contributed by atoms with Crippen molar-refractivity contribution < 1.29 is 23.8 Å². The van der Waals surface area contributed by atoms with Gasteiger partial charge in [0.1, 0.15) is 11.9 Å². The molecule has 0 spiro atoms. The third kappa shape index (κ3) is 4.10. The number of nitrogens with two attached hydrogens (primary N) is 1. The molecule has 106 valence electrons. The van der Waals surface area contributed by atoms with Crippen molar-refractivity contribution in [2.75, 3.05) is 7.11 Å². The van der Waals surface area contributed by atoms with Crippen LogP contribution in [0.15, 0.2) is 12.1 Å². The lowest BCUT2D eigenvalue weighted by Crippen LogP contribution is -2.32. The van der Waals surface area contributed by atoms with Crippen LogP contribution in [0, 0.1) is 5.82 Å². The van der Waals surface area contributed by atoms with E-state index < -0.39 is 17.8 Å². The molecule has 0 radical (unpaired) electrons. The Morgan fingerprint density at radius 2 is 2.05 bits per heavy atom. The van der Waals surface area contributed by atoms with Crippen LogP contribution in [-0.4, -0.2) is 30.3 Å². The van der Waals surface area contributed by atoms with Crippen LogP contribution in [0.3, 0.4) is 0 Å². The lowest BCUT2D eigenvalue weighted by molar-refractivity contribution is -0.138. The SMILES string of the molecule is COc1cc(CC(N)C(=O)O)c(F)cc1OC(C)C. The molecule has 0 aliphatic rings. The summed E-state index contributed by atoms with van der Waals surface area (Å²) in [5.41, 5.74) is 5.57. The first-order valence-corrected chi connectivity index (χ1v) is 5.86. The number of hydrogen-bond acceptors (Lipinski definition) is 4. The molecule has 0 bridgehead atoms. The van der Waals surface area contributed by atoms with Crippen LogP contribution in [0.5, 0.6) is 11.5 Å². The van der Waals surface area contributed by atoms with Crippen molar-refractivity contribution >= 4 is 5.97 Å². The summed E-state index contributed by atoms with van der Waals surface area (Å²) in [5.74, 6) is -1.11. The minimum atomic E-state index is -1.18. The predicted octanol–water partition coefficient (Wildman–Crippen LogP) is 1.58. The highest BCUT2D eigenvalue weighted by molar-refractivity contribution is 5.73. The minimum absolute atomic E-state index is 0.112. The van der Waals surface area contributed by atoms with Crippen molar-refractivity contribution in [2.45, 2.75) is 32.4 Å². The molecule has 0 aliphatic carbocycles. The van der Waals surface area contributed by atoms with Gasteiger partial charge >= 0.3 is 5.97 Å². The highest BCUT2D eigenvalue weighted by Crippen LogP contribution is 2.31. The van der Waals surface area contributed by atoms with Crippen molar-refractivity contribution in [1.82, 2.24) is 0 Å². The maximum absolute atomic E-state index is 13.9. The quantitative estimate of drug-likeness (QED) is 0.820. The third-order valence-electron chi connectivity index (χ3n) is 2.45. The summed E-state index contributed by atoms with van der Waals surface area (Å²) in [5, 5.41) is 8.73. The van der Waals surface area contributed by atoms with E-state index in [-0.39, 0.29) is 23.8 Å². The van der Waals surface area contributed by atoms with Crippen molar-refractivity contribution in [2.24, 2.45) is 5.73 Å². The van der Waals surface area contributed by atoms with Crippen molar-refractivity contribution in [3.63, 3.8) is 0 Å². The van der Waals surface area contributed by atoms with Gasteiger partial charge in [-0.05, 0) is 25.5 Å². The van der Waals surface area contributed by atoms with Gasteiger partial charge in [-0.25, -0.2) is 4.39 Å². The molecular weight excluding hydrogens is 253 g/mol. The molecule has 1 aromatic rings. The van der Waals surface area contributed by atoms with Gasteiger partial charge in [-0.15, -0.1) is 0 Å². The van der Waals surface area contributed by atoms with E-state index in [1.807, 2.05) is 13.8 Å². The van der Waals surface area contributed by atoms with E-state index in [1.54, 1.807) is 0 Å². The molecule has 5 nitrogen and oxygen atoms in total. The van der Waals surface area contributed by atoms with Gasteiger partial charge in [0, 0.05) is 12.5 Å². The average molecular weight is 271 g/mol. The summed E-state index contributed by atoms with van der Waals surface area (Å²) in [4.78, 5) is 10.7. The number of hydrogen-bond donors (Lipinski definition) is 2. The molecule has 0 saturated carbocycles. The van der Waals surface area contributed by atoms with E-state index in [0.717, 1.165) is 0 Å². The molecule has 1 atom stereocenters. The molecule has 1 unspecified atom stereocenters. The Labute approximate surface area is 111 Å². The first-order valence-electron chi connectivity index (χ1n) is 5.86. The van der Waals surface area contributed by atoms with Crippen LogP contribution < -0.4 is 15.2 Å². The fourth-order valence-electron chi connectivity index (χ4n) is 1.56. The molecular formula is C13H18FNO4. The largest absolute Gasteiger partial charge is 0.493 e. The summed E-state index contributed by atoms with van der Waals surface area (Å²) >= 11 is 0. The molecule has 0 heterocycles. The second-order valence-electron chi connectivity index (χ2n) is 4.41. The van der Waals surface area contributed by atoms with E-state index in [9.17, 15) is 9.18 Å². The van der Waals surface area contributed by atoms with E-state index >= 15 is 0 Å². The Hall–Kier alpha value is -1.82. The molecule has 1 aromatic carbocycles. The van der Waals surface area contributed by atoms with Crippen molar-refractivity contribution in [3.05, 3.63) is 23.5 Å². The first kappa shape index (κ1) is 15.2. The molecule has 0 aromatic heterocycles. The fourth-order valence-corrected chi connectivity index (χ4v) is 1.56. The zero-order valence-corrected chi connectivity index (χ0v) is 11.1. The Bertz CT molecular complexity index is 462. The second-order valence-corrected chi connectivity index (χ2v) is 4.41. The highest BCUT2D eigenvalue weighted by Gasteiger charge is 2.18. The maximum Gasteiger partial charge on any atom is 0.320 e. The summed E-state index contributed by atoms with van der Waals surface area (Å²) in [6.45, 7) is 3.62. The molecule has 19 heavy (non-hydrogen) atoms. The topological polar surface area (TPSA) is 81.8 Å². The zero-order valence-electron chi connectivity index (χ0n) is 11.1. The Kier molecular flexibility index (Phi) is 5.11. The predicted molar refractivity (Wildman–Crippen MR) is 68.0 cm³/mol. The maximum atomic E-state index is 13.9. The van der Waals surface area contributed by atoms with Crippen molar-refractivity contribution in [3.8, 4) is 11.5 Å². The van der Waals surface area contributed by atoms with Gasteiger partial charge in [0.2, 0.25) is 0 Å². The number of carboxylic acid groups (broad SMARTS) is 1. The van der Waals surface area contributed by atoms with Gasteiger partial charge in [0.05, 0.1) is 13.2 Å². The van der Waals surface area contributed by atoms with Crippen LogP contribution in [-0.2, 0) is 11.2 Å². The first-order chi connectivity index (χ1) is 8.85. The van der Waals surface area contributed by atoms with Crippen LogP contribution in [0.2, 0.25) is 0 Å². The van der Waals surface area contributed by atoms with E-state index in [0.29, 0.717) is 5.75 Å². The number of methoxy groups -OCH3 is 1. The van der Waals surface area contributed by atoms with E-state index in [2.05, 4.69) is 0 Å². The Morgan fingerprint density at radius 3 is 2.53 bits per heavy atom. The normalized spacial score (nSPS) is 12.3. The van der Waals surface area contributed by atoms with Gasteiger partial charge in [0.25, 0.3) is 0 Å². The summed E-state index contributed by atoms with van der Waals surface area (Å²) in [7, 11) is 1.43. The highest BCUT2D eigenvalue weighted by atomic mass is 19.1. The lowest BCUT2D eigenvalue weighted by atomic mass is 10.1. The van der Waals surface area contributed by atoms with E-state index in [1.165, 1.54) is 19.2 Å².